The van der Waals surface area contributed by atoms with E-state index in [2.05, 4.69) is 5.32 Å². The average Bonchev–Trinajstić information content (AvgIpc) is 2.60. The summed E-state index contributed by atoms with van der Waals surface area (Å²) in [6.07, 6.45) is 5.25. The molecule has 0 amide bonds. The standard InChI is InChI=1S/C11H21NO3S/c13-9-11(5-1-2-6-12-11)8-10-4-3-7-16(10,14)15/h10,12-13H,1-9H2. The lowest BCUT2D eigenvalue weighted by molar-refractivity contribution is 0.122. The summed E-state index contributed by atoms with van der Waals surface area (Å²) in [5, 5.41) is 12.6. The van der Waals surface area contributed by atoms with Crippen molar-refractivity contribution >= 4 is 9.84 Å². The molecule has 0 aromatic carbocycles. The van der Waals surface area contributed by atoms with Crippen LogP contribution >= 0.6 is 0 Å². The van der Waals surface area contributed by atoms with Crippen molar-refractivity contribution in [3.8, 4) is 0 Å². The summed E-state index contributed by atoms with van der Waals surface area (Å²) < 4.78 is 23.6. The van der Waals surface area contributed by atoms with Gasteiger partial charge in [-0.05, 0) is 38.6 Å². The third kappa shape index (κ3) is 2.41. The summed E-state index contributed by atoms with van der Waals surface area (Å²) in [5.41, 5.74) is -0.333. The number of aliphatic hydroxyl groups is 1. The molecule has 5 heteroatoms. The van der Waals surface area contributed by atoms with Crippen LogP contribution in [0.4, 0.5) is 0 Å². The van der Waals surface area contributed by atoms with Gasteiger partial charge in [-0.1, -0.05) is 6.42 Å². The fourth-order valence-electron chi connectivity index (χ4n) is 2.93. The Morgan fingerprint density at radius 3 is 2.62 bits per heavy atom. The molecule has 2 unspecified atom stereocenters. The SMILES string of the molecule is O=S1(=O)CCCC1CC1(CO)CCCCN1. The molecule has 94 valence electrons. The Balaban J connectivity index is 2.06. The van der Waals surface area contributed by atoms with E-state index in [1.165, 1.54) is 0 Å². The Morgan fingerprint density at radius 1 is 1.31 bits per heavy atom. The minimum absolute atomic E-state index is 0.0546. The summed E-state index contributed by atoms with van der Waals surface area (Å²) in [4.78, 5) is 0. The molecule has 2 atom stereocenters. The summed E-state index contributed by atoms with van der Waals surface area (Å²) in [7, 11) is -2.89. The maximum absolute atomic E-state index is 11.8. The van der Waals surface area contributed by atoms with E-state index in [0.717, 1.165) is 38.6 Å². The quantitative estimate of drug-likeness (QED) is 0.760. The number of piperidine rings is 1. The highest BCUT2D eigenvalue weighted by molar-refractivity contribution is 7.92. The summed E-state index contributed by atoms with van der Waals surface area (Å²) >= 11 is 0. The van der Waals surface area contributed by atoms with Crippen LogP contribution in [0.15, 0.2) is 0 Å². The first-order valence-electron chi connectivity index (χ1n) is 6.15. The van der Waals surface area contributed by atoms with Gasteiger partial charge in [0.25, 0.3) is 0 Å². The zero-order valence-corrected chi connectivity index (χ0v) is 10.4. The second-order valence-corrected chi connectivity index (χ2v) is 7.56. The van der Waals surface area contributed by atoms with Crippen LogP contribution in [0.1, 0.15) is 38.5 Å². The van der Waals surface area contributed by atoms with Crippen molar-refractivity contribution in [3.63, 3.8) is 0 Å². The van der Waals surface area contributed by atoms with Gasteiger partial charge < -0.3 is 10.4 Å². The van der Waals surface area contributed by atoms with Crippen molar-refractivity contribution < 1.29 is 13.5 Å². The molecule has 0 saturated carbocycles. The molecular formula is C11H21NO3S. The van der Waals surface area contributed by atoms with Crippen molar-refractivity contribution in [1.29, 1.82) is 0 Å². The first-order chi connectivity index (χ1) is 7.58. The Morgan fingerprint density at radius 2 is 2.12 bits per heavy atom. The predicted octanol–water partition coefficient (Wildman–Crippen LogP) is 0.458. The smallest absolute Gasteiger partial charge is 0.153 e. The van der Waals surface area contributed by atoms with Gasteiger partial charge >= 0.3 is 0 Å². The molecule has 2 saturated heterocycles. The molecule has 2 aliphatic rings. The van der Waals surface area contributed by atoms with Crippen molar-refractivity contribution in [3.05, 3.63) is 0 Å². The van der Waals surface area contributed by atoms with Crippen LogP contribution in [0, 0.1) is 0 Å². The molecule has 0 radical (unpaired) electrons. The van der Waals surface area contributed by atoms with E-state index in [0.29, 0.717) is 12.2 Å². The highest BCUT2D eigenvalue weighted by Crippen LogP contribution is 2.31. The molecule has 2 aliphatic heterocycles. The maximum atomic E-state index is 11.8. The lowest BCUT2D eigenvalue weighted by atomic mass is 9.84. The first-order valence-corrected chi connectivity index (χ1v) is 7.87. The number of nitrogens with one attached hydrogen (secondary N) is 1. The lowest BCUT2D eigenvalue weighted by Crippen LogP contribution is -2.53. The lowest BCUT2D eigenvalue weighted by Gasteiger charge is -2.38. The van der Waals surface area contributed by atoms with Gasteiger partial charge in [0, 0.05) is 5.54 Å². The largest absolute Gasteiger partial charge is 0.394 e. The van der Waals surface area contributed by atoms with Crippen LogP contribution in [0.25, 0.3) is 0 Å². The van der Waals surface area contributed by atoms with E-state index in [1.807, 2.05) is 0 Å². The third-order valence-corrected chi connectivity index (χ3v) is 6.24. The highest BCUT2D eigenvalue weighted by Gasteiger charge is 2.40. The molecule has 0 aliphatic carbocycles. The summed E-state index contributed by atoms with van der Waals surface area (Å²) in [6.45, 7) is 0.951. The van der Waals surface area contributed by atoms with Crippen LogP contribution in [-0.4, -0.2) is 43.2 Å². The number of aliphatic hydroxyl groups excluding tert-OH is 1. The van der Waals surface area contributed by atoms with Crippen LogP contribution < -0.4 is 5.32 Å². The van der Waals surface area contributed by atoms with Gasteiger partial charge in [-0.15, -0.1) is 0 Å². The highest BCUT2D eigenvalue weighted by atomic mass is 32.2. The number of rotatable bonds is 3. The zero-order chi connectivity index (χ0) is 11.6. The van der Waals surface area contributed by atoms with Gasteiger partial charge in [-0.25, -0.2) is 8.42 Å². The van der Waals surface area contributed by atoms with Gasteiger partial charge in [0.2, 0.25) is 0 Å². The molecule has 2 N–H and O–H groups in total. The Labute approximate surface area is 97.3 Å². The molecule has 2 rings (SSSR count). The second-order valence-electron chi connectivity index (χ2n) is 5.16. The fourth-order valence-corrected chi connectivity index (χ4v) is 4.93. The monoisotopic (exact) mass is 247 g/mol. The van der Waals surface area contributed by atoms with Gasteiger partial charge in [0.15, 0.2) is 9.84 Å². The average molecular weight is 247 g/mol. The van der Waals surface area contributed by atoms with E-state index in [9.17, 15) is 13.5 Å². The fraction of sp³-hybridized carbons (Fsp3) is 1.00. The van der Waals surface area contributed by atoms with E-state index in [-0.39, 0.29) is 17.4 Å². The molecule has 0 spiro atoms. The number of sulfone groups is 1. The Hall–Kier alpha value is -0.130. The zero-order valence-electron chi connectivity index (χ0n) is 9.61. The maximum Gasteiger partial charge on any atom is 0.153 e. The molecule has 0 bridgehead atoms. The van der Waals surface area contributed by atoms with Crippen LogP contribution in [0.2, 0.25) is 0 Å². The van der Waals surface area contributed by atoms with E-state index in [1.54, 1.807) is 0 Å². The molecule has 16 heavy (non-hydrogen) atoms. The van der Waals surface area contributed by atoms with Crippen molar-refractivity contribution in [2.45, 2.75) is 49.3 Å². The molecule has 2 heterocycles. The summed E-state index contributed by atoms with van der Waals surface area (Å²) in [5.74, 6) is 0.333. The molecule has 0 aromatic rings. The summed E-state index contributed by atoms with van der Waals surface area (Å²) in [6, 6.07) is 0. The molecule has 0 aromatic heterocycles. The normalized spacial score (nSPS) is 38.7. The Bertz CT molecular complexity index is 333. The minimum Gasteiger partial charge on any atom is -0.394 e. The van der Waals surface area contributed by atoms with Crippen LogP contribution in [-0.2, 0) is 9.84 Å². The van der Waals surface area contributed by atoms with E-state index in [4.69, 9.17) is 0 Å². The van der Waals surface area contributed by atoms with Gasteiger partial charge in [-0.3, -0.25) is 0 Å². The van der Waals surface area contributed by atoms with Crippen LogP contribution in [0.3, 0.4) is 0 Å². The Kier molecular flexibility index (Phi) is 3.56. The van der Waals surface area contributed by atoms with Gasteiger partial charge in [0.1, 0.15) is 0 Å². The van der Waals surface area contributed by atoms with E-state index < -0.39 is 9.84 Å². The molecule has 4 nitrogen and oxygen atoms in total. The van der Waals surface area contributed by atoms with Gasteiger partial charge in [0.05, 0.1) is 17.6 Å². The van der Waals surface area contributed by atoms with Gasteiger partial charge in [-0.2, -0.15) is 0 Å². The molecular weight excluding hydrogens is 226 g/mol. The predicted molar refractivity (Wildman–Crippen MR) is 63.1 cm³/mol. The topological polar surface area (TPSA) is 66.4 Å². The first kappa shape index (κ1) is 12.3. The van der Waals surface area contributed by atoms with E-state index >= 15 is 0 Å². The van der Waals surface area contributed by atoms with Crippen molar-refractivity contribution in [2.24, 2.45) is 0 Å². The second kappa shape index (κ2) is 4.63. The van der Waals surface area contributed by atoms with Crippen LogP contribution in [0.5, 0.6) is 0 Å². The minimum atomic E-state index is -2.89. The third-order valence-electron chi connectivity index (χ3n) is 3.97. The van der Waals surface area contributed by atoms with Crippen molar-refractivity contribution in [2.75, 3.05) is 18.9 Å². The number of hydrogen-bond donors (Lipinski definition) is 2. The number of hydrogen-bond acceptors (Lipinski definition) is 4. The van der Waals surface area contributed by atoms with Crippen molar-refractivity contribution in [1.82, 2.24) is 5.32 Å². The molecule has 2 fully saturated rings.